The number of esters is 1. The van der Waals surface area contributed by atoms with Crippen LogP contribution in [0, 0.1) is 5.92 Å². The number of hydrogen-bond acceptors (Lipinski definition) is 3. The van der Waals surface area contributed by atoms with Crippen molar-refractivity contribution in [3.05, 3.63) is 35.9 Å². The van der Waals surface area contributed by atoms with Gasteiger partial charge in [0, 0.05) is 24.9 Å². The average Bonchev–Trinajstić information content (AvgIpc) is 2.74. The molecule has 0 unspecified atom stereocenters. The minimum absolute atomic E-state index is 0.124. The van der Waals surface area contributed by atoms with E-state index < -0.39 is 22.7 Å². The van der Waals surface area contributed by atoms with E-state index in [9.17, 15) is 9.59 Å². The van der Waals surface area contributed by atoms with Crippen LogP contribution in [0.15, 0.2) is 30.3 Å². The zero-order chi connectivity index (χ0) is 15.5. The van der Waals surface area contributed by atoms with Crippen LogP contribution in [0.1, 0.15) is 12.5 Å². The highest BCUT2D eigenvalue weighted by Crippen LogP contribution is 2.38. The molecule has 4 nitrogen and oxygen atoms in total. The van der Waals surface area contributed by atoms with Crippen molar-refractivity contribution in [1.29, 1.82) is 0 Å². The number of alkyl halides is 2. The van der Waals surface area contributed by atoms with Crippen LogP contribution < -0.4 is 0 Å². The van der Waals surface area contributed by atoms with Crippen LogP contribution in [0.5, 0.6) is 0 Å². The summed E-state index contributed by atoms with van der Waals surface area (Å²) in [5.74, 6) is -1.48. The van der Waals surface area contributed by atoms with Gasteiger partial charge in [-0.3, -0.25) is 4.79 Å². The van der Waals surface area contributed by atoms with Crippen LogP contribution >= 0.6 is 23.2 Å². The van der Waals surface area contributed by atoms with Gasteiger partial charge >= 0.3 is 5.97 Å². The normalized spacial score (nSPS) is 25.2. The van der Waals surface area contributed by atoms with Crippen molar-refractivity contribution < 1.29 is 14.3 Å². The van der Waals surface area contributed by atoms with Gasteiger partial charge in [-0.05, 0) is 12.5 Å². The molecule has 0 radical (unpaired) electrons. The van der Waals surface area contributed by atoms with Gasteiger partial charge in [-0.1, -0.05) is 41.9 Å². The molecule has 1 aromatic rings. The van der Waals surface area contributed by atoms with Crippen LogP contribution in [-0.2, 0) is 20.9 Å². The molecule has 1 heterocycles. The summed E-state index contributed by atoms with van der Waals surface area (Å²) in [6, 6.07) is 9.53. The molecule has 1 aromatic carbocycles. The fourth-order valence-electron chi connectivity index (χ4n) is 2.46. The van der Waals surface area contributed by atoms with Crippen molar-refractivity contribution in [1.82, 2.24) is 4.90 Å². The summed E-state index contributed by atoms with van der Waals surface area (Å²) < 4.78 is 4.95. The van der Waals surface area contributed by atoms with Gasteiger partial charge in [0.05, 0.1) is 6.61 Å². The largest absolute Gasteiger partial charge is 0.464 e. The van der Waals surface area contributed by atoms with Gasteiger partial charge < -0.3 is 9.64 Å². The molecule has 2 rings (SSSR count). The molecular weight excluding hydrogens is 313 g/mol. The molecule has 1 amide bonds. The first-order valence-corrected chi connectivity index (χ1v) is 7.70. The van der Waals surface area contributed by atoms with Crippen molar-refractivity contribution >= 4 is 35.1 Å². The van der Waals surface area contributed by atoms with E-state index in [4.69, 9.17) is 27.9 Å². The number of nitrogens with zero attached hydrogens (tertiary/aromatic N) is 1. The number of carbonyl (C=O) groups is 2. The number of halogens is 2. The Bertz CT molecular complexity index is 523. The summed E-state index contributed by atoms with van der Waals surface area (Å²) in [5, 5.41) is 0. The van der Waals surface area contributed by atoms with E-state index in [1.54, 1.807) is 11.8 Å². The third-order valence-corrected chi connectivity index (χ3v) is 4.57. The number of amides is 1. The first-order valence-electron chi connectivity index (χ1n) is 6.79. The second-order valence-electron chi connectivity index (χ2n) is 4.95. The summed E-state index contributed by atoms with van der Waals surface area (Å²) in [7, 11) is 0. The topological polar surface area (TPSA) is 46.6 Å². The van der Waals surface area contributed by atoms with Crippen LogP contribution in [0.4, 0.5) is 0 Å². The summed E-state index contributed by atoms with van der Waals surface area (Å²) in [4.78, 5) is 24.5. The fraction of sp³-hybridized carbons (Fsp3) is 0.467. The van der Waals surface area contributed by atoms with E-state index in [1.807, 2.05) is 30.3 Å². The Morgan fingerprint density at radius 3 is 2.67 bits per heavy atom. The van der Waals surface area contributed by atoms with E-state index in [2.05, 4.69) is 0 Å². The quantitative estimate of drug-likeness (QED) is 0.473. The maximum absolute atomic E-state index is 12.6. The Labute approximate surface area is 134 Å². The molecule has 1 fully saturated rings. The lowest BCUT2D eigenvalue weighted by atomic mass is 9.96. The Kier molecular flexibility index (Phi) is 5.12. The van der Waals surface area contributed by atoms with Gasteiger partial charge in [0.25, 0.3) is 5.91 Å². The molecule has 2 atom stereocenters. The molecular formula is C15H17Cl2NO3. The van der Waals surface area contributed by atoms with Crippen molar-refractivity contribution in [2.45, 2.75) is 18.3 Å². The maximum atomic E-state index is 12.6. The van der Waals surface area contributed by atoms with Gasteiger partial charge in [0.2, 0.25) is 4.87 Å². The Morgan fingerprint density at radius 1 is 1.43 bits per heavy atom. The summed E-state index contributed by atoms with van der Waals surface area (Å²) in [6.07, 6.45) is 0. The molecule has 0 aliphatic carbocycles. The zero-order valence-corrected chi connectivity index (χ0v) is 13.2. The van der Waals surface area contributed by atoms with Gasteiger partial charge in [-0.15, -0.1) is 11.6 Å². The molecule has 0 spiro atoms. The molecule has 1 saturated heterocycles. The van der Waals surface area contributed by atoms with Gasteiger partial charge in [0.1, 0.15) is 0 Å². The smallest absolute Gasteiger partial charge is 0.337 e. The van der Waals surface area contributed by atoms with Crippen molar-refractivity contribution in [3.8, 4) is 0 Å². The number of benzene rings is 1. The lowest BCUT2D eigenvalue weighted by molar-refractivity contribution is -0.151. The molecule has 0 saturated carbocycles. The standard InChI is InChI=1S/C15H17Cl2NO3/c1-2-21-14(20)15(17)12(8-16)10-18(13(15)19)9-11-6-4-3-5-7-11/h3-7,12H,2,8-10H2,1H3/t12-,15-/m0/s1. The predicted octanol–water partition coefficient (Wildman–Crippen LogP) is 2.42. The van der Waals surface area contributed by atoms with Crippen molar-refractivity contribution in [2.24, 2.45) is 5.92 Å². The summed E-state index contributed by atoms with van der Waals surface area (Å²) >= 11 is 12.2. The van der Waals surface area contributed by atoms with Crippen LogP contribution in [0.2, 0.25) is 0 Å². The first-order chi connectivity index (χ1) is 10.0. The highest BCUT2D eigenvalue weighted by molar-refractivity contribution is 6.46. The predicted molar refractivity (Wildman–Crippen MR) is 81.3 cm³/mol. The van der Waals surface area contributed by atoms with Crippen LogP contribution in [-0.4, -0.2) is 40.7 Å². The van der Waals surface area contributed by atoms with E-state index in [1.165, 1.54) is 0 Å². The molecule has 114 valence electrons. The molecule has 0 aromatic heterocycles. The summed E-state index contributed by atoms with van der Waals surface area (Å²) in [6.45, 7) is 2.60. The highest BCUT2D eigenvalue weighted by atomic mass is 35.5. The molecule has 0 N–H and O–H groups in total. The fourth-order valence-corrected chi connectivity index (χ4v) is 3.19. The number of rotatable bonds is 5. The minimum atomic E-state index is -1.70. The highest BCUT2D eigenvalue weighted by Gasteiger charge is 2.59. The Balaban J connectivity index is 2.21. The lowest BCUT2D eigenvalue weighted by Crippen LogP contribution is -2.47. The molecule has 0 bridgehead atoms. The number of ether oxygens (including phenoxy) is 1. The molecule has 21 heavy (non-hydrogen) atoms. The second-order valence-corrected chi connectivity index (χ2v) is 5.86. The third kappa shape index (κ3) is 3.01. The average molecular weight is 330 g/mol. The van der Waals surface area contributed by atoms with Crippen molar-refractivity contribution in [3.63, 3.8) is 0 Å². The maximum Gasteiger partial charge on any atom is 0.337 e. The van der Waals surface area contributed by atoms with Gasteiger partial charge in [-0.2, -0.15) is 0 Å². The van der Waals surface area contributed by atoms with Gasteiger partial charge in [-0.25, -0.2) is 4.79 Å². The van der Waals surface area contributed by atoms with E-state index in [0.29, 0.717) is 13.1 Å². The van der Waals surface area contributed by atoms with Crippen LogP contribution in [0.3, 0.4) is 0 Å². The SMILES string of the molecule is CCOC(=O)[C@@]1(Cl)C(=O)N(Cc2ccccc2)C[C@@H]1CCl. The number of carbonyl (C=O) groups excluding carboxylic acids is 2. The second kappa shape index (κ2) is 6.67. The molecule has 6 heteroatoms. The Morgan fingerprint density at radius 2 is 2.10 bits per heavy atom. The monoisotopic (exact) mass is 329 g/mol. The van der Waals surface area contributed by atoms with E-state index in [-0.39, 0.29) is 12.5 Å². The first kappa shape index (κ1) is 16.1. The summed E-state index contributed by atoms with van der Waals surface area (Å²) in [5.41, 5.74) is 0.976. The molecule has 1 aliphatic heterocycles. The number of hydrogen-bond donors (Lipinski definition) is 0. The van der Waals surface area contributed by atoms with Crippen LogP contribution in [0.25, 0.3) is 0 Å². The third-order valence-electron chi connectivity index (χ3n) is 3.58. The minimum Gasteiger partial charge on any atom is -0.464 e. The van der Waals surface area contributed by atoms with Gasteiger partial charge in [0.15, 0.2) is 0 Å². The van der Waals surface area contributed by atoms with Crippen molar-refractivity contribution in [2.75, 3.05) is 19.0 Å². The van der Waals surface area contributed by atoms with E-state index in [0.717, 1.165) is 5.56 Å². The van der Waals surface area contributed by atoms with E-state index >= 15 is 0 Å². The lowest BCUT2D eigenvalue weighted by Gasteiger charge is -2.22. The molecule has 1 aliphatic rings. The number of likely N-dealkylation sites (tertiary alicyclic amines) is 1. The Hall–Kier alpha value is -1.26. The zero-order valence-electron chi connectivity index (χ0n) is 11.7.